The minimum atomic E-state index is 0.236. The molecule has 0 amide bonds. The second-order valence-electron chi connectivity index (χ2n) is 7.18. The molecule has 5 heterocycles. The van der Waals surface area contributed by atoms with E-state index < -0.39 is 0 Å². The number of nitrogens with one attached hydrogen (secondary N) is 5. The molecule has 0 fully saturated rings. The minimum Gasteiger partial charge on any atom is -0.378 e. The van der Waals surface area contributed by atoms with E-state index >= 15 is 0 Å². The van der Waals surface area contributed by atoms with Crippen LogP contribution in [0.2, 0.25) is 0 Å². The van der Waals surface area contributed by atoms with Gasteiger partial charge in [0.1, 0.15) is 10.7 Å². The third-order valence-corrected chi connectivity index (χ3v) is 10.4. The lowest BCUT2D eigenvalue weighted by molar-refractivity contribution is 0.580. The smallest absolute Gasteiger partial charge is 0.102 e. The van der Waals surface area contributed by atoms with Crippen molar-refractivity contribution in [3.05, 3.63) is 80.3 Å². The Morgan fingerprint density at radius 1 is 0.467 bits per heavy atom. The van der Waals surface area contributed by atoms with Crippen LogP contribution in [-0.4, -0.2) is 26.9 Å². The van der Waals surface area contributed by atoms with Crippen LogP contribution in [0.5, 0.6) is 0 Å². The highest BCUT2D eigenvalue weighted by atomic mass is 32.2. The van der Waals surface area contributed by atoms with E-state index in [1.807, 2.05) is 58.8 Å². The first-order valence-electron chi connectivity index (χ1n) is 9.73. The summed E-state index contributed by atoms with van der Waals surface area (Å²) in [5.74, 6) is 0.302. The summed E-state index contributed by atoms with van der Waals surface area (Å²) >= 11 is 9.39. The Labute approximate surface area is 197 Å². The molecule has 5 unspecified atom stereocenters. The molecule has 156 valence electrons. The van der Waals surface area contributed by atoms with E-state index in [0.29, 0.717) is 11.3 Å². The molecule has 0 spiro atoms. The van der Waals surface area contributed by atoms with Gasteiger partial charge in [0, 0.05) is 36.9 Å². The van der Waals surface area contributed by atoms with Crippen LogP contribution in [0.15, 0.2) is 80.3 Å². The minimum absolute atomic E-state index is 0.236. The van der Waals surface area contributed by atoms with Crippen molar-refractivity contribution in [2.75, 3.05) is 0 Å². The Morgan fingerprint density at radius 3 is 1.23 bits per heavy atom. The van der Waals surface area contributed by atoms with Crippen molar-refractivity contribution in [3.63, 3.8) is 0 Å². The van der Waals surface area contributed by atoms with E-state index in [4.69, 9.17) is 0 Å². The van der Waals surface area contributed by atoms with Gasteiger partial charge >= 0.3 is 0 Å². The van der Waals surface area contributed by atoms with E-state index in [-0.39, 0.29) is 21.5 Å². The lowest BCUT2D eigenvalue weighted by Gasteiger charge is -2.31. The van der Waals surface area contributed by atoms with Crippen molar-refractivity contribution < 1.29 is 0 Å². The van der Waals surface area contributed by atoms with Crippen LogP contribution in [0.4, 0.5) is 0 Å². The average molecular weight is 492 g/mol. The van der Waals surface area contributed by atoms with Crippen LogP contribution in [0.3, 0.4) is 0 Å². The Morgan fingerprint density at radius 2 is 0.867 bits per heavy atom. The Hall–Kier alpha value is -1.07. The molecule has 1 aliphatic carbocycles. The van der Waals surface area contributed by atoms with Gasteiger partial charge in [0.15, 0.2) is 0 Å². The van der Waals surface area contributed by atoms with Gasteiger partial charge in [-0.15, -0.1) is 58.8 Å². The normalized spacial score (nSPS) is 38.4. The molecular formula is C20H21N5S5. The molecule has 5 atom stereocenters. The summed E-state index contributed by atoms with van der Waals surface area (Å²) in [5.41, 5.74) is 5.91. The molecule has 0 aromatic rings. The first-order chi connectivity index (χ1) is 14.9. The highest BCUT2D eigenvalue weighted by Gasteiger charge is 2.49. The first kappa shape index (κ1) is 19.6. The van der Waals surface area contributed by atoms with Crippen molar-refractivity contribution in [1.82, 2.24) is 26.6 Å². The molecule has 5 N–H and O–H groups in total. The fourth-order valence-electron chi connectivity index (χ4n) is 4.57. The predicted octanol–water partition coefficient (Wildman–Crippen LogP) is 3.88. The van der Waals surface area contributed by atoms with E-state index in [1.165, 1.54) is 22.3 Å². The lowest BCUT2D eigenvalue weighted by Crippen LogP contribution is -2.38. The summed E-state index contributed by atoms with van der Waals surface area (Å²) in [5, 5.41) is 30.3. The maximum Gasteiger partial charge on any atom is 0.102 e. The Balaban J connectivity index is 1.52. The Kier molecular flexibility index (Phi) is 5.53. The molecule has 5 nitrogen and oxygen atoms in total. The quantitative estimate of drug-likeness (QED) is 0.392. The zero-order chi connectivity index (χ0) is 19.9. The van der Waals surface area contributed by atoms with Crippen molar-refractivity contribution in [2.24, 2.45) is 5.92 Å². The average Bonchev–Trinajstić information content (AvgIpc) is 3.61. The third kappa shape index (κ3) is 3.31. The summed E-state index contributed by atoms with van der Waals surface area (Å²) in [6.07, 6.45) is 10.4. The number of hydrogen-bond acceptors (Lipinski definition) is 10. The topological polar surface area (TPSA) is 60.1 Å². The standard InChI is InChI=1S/C20H21N5S5/c1-6-26-16(21-1)11-12(17-22-2-7-27-17)14(19-24-4-9-29-19)15(20-25-5-10-30-20)13(11)18-23-3-8-28-18/h1-11,16-25H. The van der Waals surface area contributed by atoms with Gasteiger partial charge in [-0.1, -0.05) is 0 Å². The van der Waals surface area contributed by atoms with Crippen molar-refractivity contribution in [1.29, 1.82) is 0 Å². The molecule has 0 aromatic heterocycles. The van der Waals surface area contributed by atoms with Gasteiger partial charge in [0.25, 0.3) is 0 Å². The molecule has 6 aliphatic rings. The summed E-state index contributed by atoms with van der Waals surface area (Å²) in [6, 6.07) is 0. The number of rotatable bonds is 5. The number of hydrogen-bond donors (Lipinski definition) is 5. The van der Waals surface area contributed by atoms with E-state index in [1.54, 1.807) is 0 Å². The van der Waals surface area contributed by atoms with Crippen LogP contribution in [0.1, 0.15) is 0 Å². The van der Waals surface area contributed by atoms with Crippen LogP contribution in [0, 0.1) is 5.92 Å². The van der Waals surface area contributed by atoms with Gasteiger partial charge < -0.3 is 26.6 Å². The Bertz CT molecular complexity index is 832. The van der Waals surface area contributed by atoms with Gasteiger partial charge in [0.05, 0.1) is 16.1 Å². The van der Waals surface area contributed by atoms with Gasteiger partial charge in [-0.3, -0.25) is 0 Å². The molecule has 30 heavy (non-hydrogen) atoms. The molecule has 0 saturated heterocycles. The summed E-state index contributed by atoms with van der Waals surface area (Å²) < 4.78 is 0. The highest BCUT2D eigenvalue weighted by Crippen LogP contribution is 2.54. The van der Waals surface area contributed by atoms with Crippen LogP contribution in [0.25, 0.3) is 0 Å². The number of thioether (sulfide) groups is 5. The molecule has 6 rings (SSSR count). The van der Waals surface area contributed by atoms with Crippen molar-refractivity contribution >= 4 is 58.8 Å². The van der Waals surface area contributed by atoms with Crippen molar-refractivity contribution in [3.8, 4) is 0 Å². The van der Waals surface area contributed by atoms with Crippen LogP contribution >= 0.6 is 58.8 Å². The molecule has 0 aromatic carbocycles. The molecule has 0 radical (unpaired) electrons. The summed E-state index contributed by atoms with van der Waals surface area (Å²) in [4.78, 5) is 0. The molecular weight excluding hydrogens is 471 g/mol. The van der Waals surface area contributed by atoms with Gasteiger partial charge in [-0.25, -0.2) is 0 Å². The van der Waals surface area contributed by atoms with Crippen molar-refractivity contribution in [2.45, 2.75) is 26.9 Å². The van der Waals surface area contributed by atoms with Gasteiger partial charge in [-0.05, 0) is 49.3 Å². The van der Waals surface area contributed by atoms with Gasteiger partial charge in [-0.2, -0.15) is 0 Å². The fourth-order valence-corrected chi connectivity index (χ4v) is 9.03. The second kappa shape index (κ2) is 8.46. The zero-order valence-electron chi connectivity index (χ0n) is 15.8. The zero-order valence-corrected chi connectivity index (χ0v) is 19.9. The highest BCUT2D eigenvalue weighted by molar-refractivity contribution is 8.04. The SMILES string of the molecule is C1=CSC(C2=C(C3NC=CS3)C(C3NC=CS3)C(C3NC=CS3)=C2C2NC=CS2)N1. The van der Waals surface area contributed by atoms with Crippen LogP contribution < -0.4 is 26.6 Å². The summed E-state index contributed by atoms with van der Waals surface area (Å²) in [6.45, 7) is 0. The van der Waals surface area contributed by atoms with E-state index in [2.05, 4.69) is 84.6 Å². The molecule has 10 heteroatoms. The second-order valence-corrected chi connectivity index (χ2v) is 12.3. The first-order valence-corrected chi connectivity index (χ1v) is 14.4. The molecule has 0 bridgehead atoms. The molecule has 0 saturated carbocycles. The lowest BCUT2D eigenvalue weighted by atomic mass is 9.93. The summed E-state index contributed by atoms with van der Waals surface area (Å²) in [7, 11) is 0. The molecule has 5 aliphatic heterocycles. The van der Waals surface area contributed by atoms with Crippen LogP contribution in [-0.2, 0) is 0 Å². The fraction of sp³-hybridized carbons (Fsp3) is 0.300. The largest absolute Gasteiger partial charge is 0.378 e. The maximum absolute atomic E-state index is 3.64. The monoisotopic (exact) mass is 491 g/mol. The van der Waals surface area contributed by atoms with E-state index in [9.17, 15) is 0 Å². The van der Waals surface area contributed by atoms with Gasteiger partial charge in [0.2, 0.25) is 0 Å². The third-order valence-electron chi connectivity index (χ3n) is 5.65. The van der Waals surface area contributed by atoms with E-state index in [0.717, 1.165) is 0 Å². The predicted molar refractivity (Wildman–Crippen MR) is 136 cm³/mol. The maximum atomic E-state index is 3.64.